The van der Waals surface area contributed by atoms with E-state index in [-0.39, 0.29) is 5.15 Å². The summed E-state index contributed by atoms with van der Waals surface area (Å²) in [6.07, 6.45) is 0. The highest BCUT2D eigenvalue weighted by Crippen LogP contribution is 2.34. The van der Waals surface area contributed by atoms with Crippen molar-refractivity contribution in [2.24, 2.45) is 0 Å². The van der Waals surface area contributed by atoms with Gasteiger partial charge in [0.1, 0.15) is 5.15 Å². The van der Waals surface area contributed by atoms with Crippen LogP contribution >= 0.6 is 46.4 Å². The molecule has 0 bridgehead atoms. The number of halogens is 4. The lowest BCUT2D eigenvalue weighted by molar-refractivity contribution is 1.30. The quantitative estimate of drug-likeness (QED) is 0.712. The predicted molar refractivity (Wildman–Crippen MR) is 78.7 cm³/mol. The van der Waals surface area contributed by atoms with Crippen LogP contribution in [0.5, 0.6) is 0 Å². The molecule has 2 aromatic rings. The number of hydrogen-bond acceptors (Lipinski definition) is 2. The van der Waals surface area contributed by atoms with Crippen molar-refractivity contribution in [3.8, 4) is 0 Å². The normalized spacial score (nSPS) is 10.5. The van der Waals surface area contributed by atoms with E-state index in [1.165, 1.54) is 6.07 Å². The number of aryl methyl sites for hydroxylation is 1. The van der Waals surface area contributed by atoms with E-state index in [1.807, 2.05) is 19.1 Å². The molecular weight excluding hydrogens is 314 g/mol. The van der Waals surface area contributed by atoms with Crippen molar-refractivity contribution in [2.45, 2.75) is 6.92 Å². The van der Waals surface area contributed by atoms with Gasteiger partial charge in [0, 0.05) is 0 Å². The summed E-state index contributed by atoms with van der Waals surface area (Å²) in [6.45, 7) is 1.93. The van der Waals surface area contributed by atoms with Crippen LogP contribution < -0.4 is 5.32 Å². The van der Waals surface area contributed by atoms with Gasteiger partial charge in [-0.25, -0.2) is 4.98 Å². The minimum absolute atomic E-state index is 0.188. The highest BCUT2D eigenvalue weighted by Gasteiger charge is 2.10. The molecule has 0 amide bonds. The maximum Gasteiger partial charge on any atom is 0.151 e. The van der Waals surface area contributed by atoms with Crippen molar-refractivity contribution in [3.63, 3.8) is 0 Å². The summed E-state index contributed by atoms with van der Waals surface area (Å²) in [7, 11) is 0. The molecule has 0 fully saturated rings. The molecule has 0 aliphatic carbocycles. The third kappa shape index (κ3) is 2.83. The Bertz CT molecular complexity index is 579. The second-order valence-electron chi connectivity index (χ2n) is 3.65. The molecule has 1 aromatic carbocycles. The summed E-state index contributed by atoms with van der Waals surface area (Å²) in [5.41, 5.74) is 1.72. The maximum absolute atomic E-state index is 6.11. The van der Waals surface area contributed by atoms with E-state index >= 15 is 0 Å². The van der Waals surface area contributed by atoms with E-state index in [4.69, 9.17) is 46.4 Å². The van der Waals surface area contributed by atoms with Crippen molar-refractivity contribution in [3.05, 3.63) is 50.0 Å². The van der Waals surface area contributed by atoms with Gasteiger partial charge in [0.25, 0.3) is 0 Å². The van der Waals surface area contributed by atoms with Gasteiger partial charge < -0.3 is 5.32 Å². The Hall–Kier alpha value is -0.670. The molecule has 6 heteroatoms. The van der Waals surface area contributed by atoms with Crippen LogP contribution in [0.15, 0.2) is 24.3 Å². The Morgan fingerprint density at radius 2 is 1.72 bits per heavy atom. The lowest BCUT2D eigenvalue weighted by atomic mass is 10.2. The van der Waals surface area contributed by atoms with Crippen LogP contribution in [-0.4, -0.2) is 4.98 Å². The van der Waals surface area contributed by atoms with Gasteiger partial charge in [-0.2, -0.15) is 0 Å². The molecule has 1 heterocycles. The Balaban J connectivity index is 2.43. The van der Waals surface area contributed by atoms with E-state index in [0.717, 1.165) is 11.3 Å². The Labute approximate surface area is 125 Å². The summed E-state index contributed by atoms with van der Waals surface area (Å²) in [4.78, 5) is 4.08. The first-order chi connectivity index (χ1) is 8.49. The summed E-state index contributed by atoms with van der Waals surface area (Å²) in [6, 6.07) is 7.11. The van der Waals surface area contributed by atoms with Crippen LogP contribution in [-0.2, 0) is 0 Å². The zero-order valence-corrected chi connectivity index (χ0v) is 12.3. The average Bonchev–Trinajstić information content (AvgIpc) is 2.30. The minimum Gasteiger partial charge on any atom is -0.338 e. The molecule has 0 saturated heterocycles. The zero-order chi connectivity index (χ0) is 13.3. The van der Waals surface area contributed by atoms with Gasteiger partial charge in [0.15, 0.2) is 5.82 Å². The SMILES string of the molecule is Cc1cccc(Cl)c1Nc1nc(Cl)c(Cl)cc1Cl. The minimum atomic E-state index is 0.188. The molecular formula is C12H8Cl4N2. The van der Waals surface area contributed by atoms with Gasteiger partial charge in [-0.05, 0) is 24.6 Å². The fourth-order valence-electron chi connectivity index (χ4n) is 1.44. The largest absolute Gasteiger partial charge is 0.338 e. The molecule has 18 heavy (non-hydrogen) atoms. The molecule has 0 radical (unpaired) electrons. The fraction of sp³-hybridized carbons (Fsp3) is 0.0833. The van der Waals surface area contributed by atoms with E-state index in [1.54, 1.807) is 6.07 Å². The number of anilines is 2. The van der Waals surface area contributed by atoms with E-state index in [0.29, 0.717) is 20.9 Å². The summed E-state index contributed by atoms with van der Waals surface area (Å²) < 4.78 is 0. The standard InChI is InChI=1S/C12H8Cl4N2/c1-6-3-2-4-7(13)10(6)17-12-9(15)5-8(14)11(16)18-12/h2-5H,1H3,(H,17,18). The van der Waals surface area contributed by atoms with Crippen LogP contribution in [0.1, 0.15) is 5.56 Å². The Morgan fingerprint density at radius 3 is 2.39 bits per heavy atom. The van der Waals surface area contributed by atoms with Gasteiger partial charge >= 0.3 is 0 Å². The molecule has 2 rings (SSSR count). The van der Waals surface area contributed by atoms with Crippen molar-refractivity contribution >= 4 is 57.9 Å². The van der Waals surface area contributed by atoms with Crippen LogP contribution in [0.4, 0.5) is 11.5 Å². The first-order valence-electron chi connectivity index (χ1n) is 5.02. The summed E-state index contributed by atoms with van der Waals surface area (Å²) >= 11 is 23.8. The Morgan fingerprint density at radius 1 is 1.00 bits per heavy atom. The highest BCUT2D eigenvalue weighted by molar-refractivity contribution is 6.43. The predicted octanol–water partition coefficient (Wildman–Crippen LogP) is 5.75. The molecule has 0 spiro atoms. The number of benzene rings is 1. The third-order valence-corrected chi connectivity index (χ3v) is 3.63. The summed E-state index contributed by atoms with van der Waals surface area (Å²) in [5.74, 6) is 0.419. The first-order valence-corrected chi connectivity index (χ1v) is 6.54. The third-order valence-electron chi connectivity index (χ3n) is 2.35. The first kappa shape index (κ1) is 13.8. The molecule has 0 aliphatic rings. The van der Waals surface area contributed by atoms with Crippen LogP contribution in [0.3, 0.4) is 0 Å². The molecule has 0 saturated carbocycles. The van der Waals surface area contributed by atoms with Crippen molar-refractivity contribution in [2.75, 3.05) is 5.32 Å². The van der Waals surface area contributed by atoms with E-state index in [2.05, 4.69) is 10.3 Å². The Kier molecular flexibility index (Phi) is 4.23. The highest BCUT2D eigenvalue weighted by atomic mass is 35.5. The number of nitrogens with zero attached hydrogens (tertiary/aromatic N) is 1. The molecule has 0 aliphatic heterocycles. The van der Waals surface area contributed by atoms with Gasteiger partial charge in [-0.15, -0.1) is 0 Å². The molecule has 1 N–H and O–H groups in total. The average molecular weight is 322 g/mol. The molecule has 1 aromatic heterocycles. The number of hydrogen-bond donors (Lipinski definition) is 1. The van der Waals surface area contributed by atoms with Crippen molar-refractivity contribution in [1.82, 2.24) is 4.98 Å². The monoisotopic (exact) mass is 320 g/mol. The number of pyridine rings is 1. The number of nitrogens with one attached hydrogen (secondary N) is 1. The van der Waals surface area contributed by atoms with E-state index < -0.39 is 0 Å². The van der Waals surface area contributed by atoms with Gasteiger partial charge in [-0.3, -0.25) is 0 Å². The smallest absolute Gasteiger partial charge is 0.151 e. The second kappa shape index (κ2) is 5.54. The van der Waals surface area contributed by atoms with E-state index in [9.17, 15) is 0 Å². The lowest BCUT2D eigenvalue weighted by Gasteiger charge is -2.12. The maximum atomic E-state index is 6.11. The molecule has 2 nitrogen and oxygen atoms in total. The van der Waals surface area contributed by atoms with Crippen molar-refractivity contribution in [1.29, 1.82) is 0 Å². The fourth-order valence-corrected chi connectivity index (χ4v) is 2.25. The van der Waals surface area contributed by atoms with Gasteiger partial charge in [0.2, 0.25) is 0 Å². The molecule has 0 atom stereocenters. The van der Waals surface area contributed by atoms with Crippen LogP contribution in [0, 0.1) is 6.92 Å². The van der Waals surface area contributed by atoms with Crippen LogP contribution in [0.25, 0.3) is 0 Å². The lowest BCUT2D eigenvalue weighted by Crippen LogP contribution is -1.98. The molecule has 94 valence electrons. The second-order valence-corrected chi connectivity index (χ2v) is 5.23. The number of aromatic nitrogens is 1. The topological polar surface area (TPSA) is 24.9 Å². The summed E-state index contributed by atoms with van der Waals surface area (Å²) in [5, 5.41) is 4.52. The van der Waals surface area contributed by atoms with Gasteiger partial charge in [0.05, 0.1) is 20.8 Å². The number of rotatable bonds is 2. The molecule has 0 unspecified atom stereocenters. The number of para-hydroxylation sites is 1. The zero-order valence-electron chi connectivity index (χ0n) is 9.27. The van der Waals surface area contributed by atoms with Crippen molar-refractivity contribution < 1.29 is 0 Å². The van der Waals surface area contributed by atoms with Gasteiger partial charge in [-0.1, -0.05) is 58.5 Å². The van der Waals surface area contributed by atoms with Crippen LogP contribution in [0.2, 0.25) is 20.2 Å².